The van der Waals surface area contributed by atoms with Crippen molar-refractivity contribution in [2.75, 3.05) is 69.7 Å². The molecule has 1 aromatic heterocycles. The SMILES string of the molecule is CN1CCN(C2CCN(c3cc(NCCO)ncn3)C2)CC1.O=CO.O=CO. The van der Waals surface area contributed by atoms with Crippen LogP contribution in [0.15, 0.2) is 12.4 Å². The third kappa shape index (κ3) is 8.03. The number of nitrogens with zero attached hydrogens (tertiary/aromatic N) is 5. The van der Waals surface area contributed by atoms with Crippen LogP contribution in [-0.2, 0) is 9.59 Å². The molecule has 0 bridgehead atoms. The van der Waals surface area contributed by atoms with Gasteiger partial charge in [0.05, 0.1) is 6.61 Å². The van der Waals surface area contributed by atoms with Crippen molar-refractivity contribution in [3.8, 4) is 0 Å². The highest BCUT2D eigenvalue weighted by Gasteiger charge is 2.30. The maximum absolute atomic E-state index is 8.88. The smallest absolute Gasteiger partial charge is 0.290 e. The van der Waals surface area contributed by atoms with Gasteiger partial charge in [-0.3, -0.25) is 14.5 Å². The third-order valence-corrected chi connectivity index (χ3v) is 4.61. The van der Waals surface area contributed by atoms with Crippen LogP contribution >= 0.6 is 0 Å². The third-order valence-electron chi connectivity index (χ3n) is 4.61. The van der Waals surface area contributed by atoms with Crippen LogP contribution < -0.4 is 10.2 Å². The van der Waals surface area contributed by atoms with Crippen LogP contribution in [0.2, 0.25) is 0 Å². The molecule has 11 heteroatoms. The van der Waals surface area contributed by atoms with Gasteiger partial charge in [-0.05, 0) is 13.5 Å². The normalized spacial score (nSPS) is 19.6. The molecule has 0 aromatic carbocycles. The zero-order valence-corrected chi connectivity index (χ0v) is 16.1. The molecular weight excluding hydrogens is 368 g/mol. The average molecular weight is 398 g/mol. The Labute approximate surface area is 164 Å². The minimum absolute atomic E-state index is 0.106. The number of piperazine rings is 1. The highest BCUT2D eigenvalue weighted by molar-refractivity contribution is 5.49. The zero-order valence-electron chi connectivity index (χ0n) is 16.1. The molecule has 2 aliphatic heterocycles. The van der Waals surface area contributed by atoms with E-state index in [-0.39, 0.29) is 19.6 Å². The molecule has 3 heterocycles. The summed E-state index contributed by atoms with van der Waals surface area (Å²) in [5, 5.41) is 25.8. The molecule has 2 aliphatic rings. The monoisotopic (exact) mass is 398 g/mol. The quantitative estimate of drug-likeness (QED) is 0.459. The second-order valence-corrected chi connectivity index (χ2v) is 6.35. The van der Waals surface area contributed by atoms with Crippen molar-refractivity contribution in [1.29, 1.82) is 0 Å². The van der Waals surface area contributed by atoms with Gasteiger partial charge in [-0.2, -0.15) is 0 Å². The molecule has 3 rings (SSSR count). The van der Waals surface area contributed by atoms with Gasteiger partial charge >= 0.3 is 0 Å². The topological polar surface area (TPSA) is 142 Å². The first-order valence-corrected chi connectivity index (χ1v) is 9.09. The van der Waals surface area contributed by atoms with E-state index < -0.39 is 0 Å². The van der Waals surface area contributed by atoms with E-state index in [0.717, 1.165) is 24.7 Å². The Kier molecular flexibility index (Phi) is 11.5. The molecule has 4 N–H and O–H groups in total. The van der Waals surface area contributed by atoms with Gasteiger partial charge in [0.2, 0.25) is 0 Å². The number of carbonyl (C=O) groups is 2. The van der Waals surface area contributed by atoms with Crippen LogP contribution in [0, 0.1) is 0 Å². The lowest BCUT2D eigenvalue weighted by Gasteiger charge is -2.36. The summed E-state index contributed by atoms with van der Waals surface area (Å²) in [6.07, 6.45) is 2.80. The van der Waals surface area contributed by atoms with E-state index in [1.54, 1.807) is 6.33 Å². The highest BCUT2D eigenvalue weighted by atomic mass is 16.3. The van der Waals surface area contributed by atoms with E-state index >= 15 is 0 Å². The number of likely N-dealkylation sites (N-methyl/N-ethyl adjacent to an activating group) is 1. The molecule has 11 nitrogen and oxygen atoms in total. The van der Waals surface area contributed by atoms with E-state index in [0.29, 0.717) is 12.6 Å². The van der Waals surface area contributed by atoms with Crippen molar-refractivity contribution in [2.45, 2.75) is 12.5 Å². The van der Waals surface area contributed by atoms with Crippen LogP contribution in [0.5, 0.6) is 0 Å². The maximum Gasteiger partial charge on any atom is 0.290 e. The van der Waals surface area contributed by atoms with E-state index in [2.05, 4.69) is 37.0 Å². The molecule has 158 valence electrons. The van der Waals surface area contributed by atoms with Crippen LogP contribution in [0.3, 0.4) is 0 Å². The number of aliphatic hydroxyl groups is 1. The minimum atomic E-state index is -0.250. The summed E-state index contributed by atoms with van der Waals surface area (Å²) in [6.45, 7) is 6.88. The fraction of sp³-hybridized carbons (Fsp3) is 0.647. The number of anilines is 2. The highest BCUT2D eigenvalue weighted by Crippen LogP contribution is 2.23. The Hall–Kier alpha value is -2.50. The second kappa shape index (κ2) is 13.6. The fourth-order valence-electron chi connectivity index (χ4n) is 3.24. The zero-order chi connectivity index (χ0) is 20.8. The van der Waals surface area contributed by atoms with Crippen LogP contribution in [0.4, 0.5) is 11.6 Å². The number of aliphatic hydroxyl groups excluding tert-OH is 1. The lowest BCUT2D eigenvalue weighted by molar-refractivity contribution is -0.123. The first-order chi connectivity index (χ1) is 13.6. The number of hydrogen-bond acceptors (Lipinski definition) is 9. The van der Waals surface area contributed by atoms with Gasteiger partial charge in [0.15, 0.2) is 0 Å². The van der Waals surface area contributed by atoms with Gasteiger partial charge in [-0.25, -0.2) is 9.97 Å². The standard InChI is InChI=1S/C15H26N6O.2CH2O2/c1-19-5-7-20(8-6-19)13-2-4-21(11-13)15-10-14(16-3-9-22)17-12-18-15;2*2-1-3/h10,12-13,22H,2-9,11H2,1H3,(H,16,17,18);2*1H,(H,2,3). The van der Waals surface area contributed by atoms with Crippen molar-refractivity contribution < 1.29 is 24.9 Å². The Morgan fingerprint density at radius 1 is 1.14 bits per heavy atom. The number of aromatic nitrogens is 2. The lowest BCUT2D eigenvalue weighted by Crippen LogP contribution is -2.49. The van der Waals surface area contributed by atoms with Crippen molar-refractivity contribution in [3.05, 3.63) is 12.4 Å². The molecule has 2 fully saturated rings. The molecule has 0 radical (unpaired) electrons. The molecular formula is C17H30N6O5. The van der Waals surface area contributed by atoms with Gasteiger partial charge < -0.3 is 30.4 Å². The van der Waals surface area contributed by atoms with Crippen molar-refractivity contribution in [2.24, 2.45) is 0 Å². The van der Waals surface area contributed by atoms with Crippen LogP contribution in [0.25, 0.3) is 0 Å². The molecule has 1 atom stereocenters. The van der Waals surface area contributed by atoms with E-state index in [4.69, 9.17) is 24.9 Å². The van der Waals surface area contributed by atoms with Crippen molar-refractivity contribution in [1.82, 2.24) is 19.8 Å². The Balaban J connectivity index is 0.000000582. The van der Waals surface area contributed by atoms with Gasteiger partial charge in [-0.15, -0.1) is 0 Å². The summed E-state index contributed by atoms with van der Waals surface area (Å²) >= 11 is 0. The first-order valence-electron chi connectivity index (χ1n) is 9.09. The van der Waals surface area contributed by atoms with E-state index in [1.807, 2.05) is 6.07 Å². The molecule has 2 saturated heterocycles. The number of rotatable bonds is 5. The van der Waals surface area contributed by atoms with Gasteiger partial charge in [0, 0.05) is 57.9 Å². The molecule has 28 heavy (non-hydrogen) atoms. The second-order valence-electron chi connectivity index (χ2n) is 6.35. The Morgan fingerprint density at radius 2 is 1.79 bits per heavy atom. The van der Waals surface area contributed by atoms with Gasteiger partial charge in [-0.1, -0.05) is 0 Å². The van der Waals surface area contributed by atoms with Crippen molar-refractivity contribution in [3.63, 3.8) is 0 Å². The molecule has 0 saturated carbocycles. The molecule has 0 spiro atoms. The fourth-order valence-corrected chi connectivity index (χ4v) is 3.24. The van der Waals surface area contributed by atoms with E-state index in [9.17, 15) is 0 Å². The van der Waals surface area contributed by atoms with E-state index in [1.165, 1.54) is 32.6 Å². The van der Waals surface area contributed by atoms with Gasteiger partial charge in [0.1, 0.15) is 18.0 Å². The summed E-state index contributed by atoms with van der Waals surface area (Å²) in [7, 11) is 2.19. The predicted molar refractivity (Wildman–Crippen MR) is 105 cm³/mol. The molecule has 0 amide bonds. The molecule has 1 unspecified atom stereocenters. The van der Waals surface area contributed by atoms with Crippen LogP contribution in [0.1, 0.15) is 6.42 Å². The molecule has 1 aromatic rings. The maximum atomic E-state index is 8.88. The Bertz CT molecular complexity index is 565. The summed E-state index contributed by atoms with van der Waals surface area (Å²) in [5.41, 5.74) is 0. The van der Waals surface area contributed by atoms with Gasteiger partial charge in [0.25, 0.3) is 12.9 Å². The average Bonchev–Trinajstić information content (AvgIpc) is 3.19. The number of hydrogen-bond donors (Lipinski definition) is 4. The number of nitrogens with one attached hydrogen (secondary N) is 1. The first kappa shape index (κ1) is 23.5. The predicted octanol–water partition coefficient (Wildman–Crippen LogP) is -0.891. The van der Waals surface area contributed by atoms with Crippen LogP contribution in [-0.4, -0.2) is 114 Å². The van der Waals surface area contributed by atoms with Crippen molar-refractivity contribution >= 4 is 24.6 Å². The molecule has 0 aliphatic carbocycles. The minimum Gasteiger partial charge on any atom is -0.483 e. The lowest BCUT2D eigenvalue weighted by atomic mass is 10.2. The summed E-state index contributed by atoms with van der Waals surface area (Å²) in [4.78, 5) is 32.7. The summed E-state index contributed by atoms with van der Waals surface area (Å²) in [5.74, 6) is 1.76. The summed E-state index contributed by atoms with van der Waals surface area (Å²) in [6, 6.07) is 2.61. The summed E-state index contributed by atoms with van der Waals surface area (Å²) < 4.78 is 0. The Morgan fingerprint density at radius 3 is 2.39 bits per heavy atom. The number of carboxylic acid groups (broad SMARTS) is 2. The largest absolute Gasteiger partial charge is 0.483 e.